The molecule has 2 N–H and O–H groups in total. The molecular weight excluding hydrogens is 216 g/mol. The van der Waals surface area contributed by atoms with Gasteiger partial charge in [-0.25, -0.2) is 4.63 Å². The number of rotatable bonds is 4. The minimum Gasteiger partial charge on any atom is -0.397 e. The van der Waals surface area contributed by atoms with Crippen LogP contribution in [-0.2, 0) is 0 Å². The summed E-state index contributed by atoms with van der Waals surface area (Å²) < 4.78 is 4.79. The van der Waals surface area contributed by atoms with Crippen LogP contribution in [0.1, 0.15) is 27.2 Å². The van der Waals surface area contributed by atoms with Crippen molar-refractivity contribution in [2.75, 3.05) is 17.2 Å². The van der Waals surface area contributed by atoms with Crippen molar-refractivity contribution < 1.29 is 4.63 Å². The second-order valence-corrected chi connectivity index (χ2v) is 4.18. The first-order chi connectivity index (χ1) is 8.19. The number of nitrogens with zero attached hydrogens (tertiary/aromatic N) is 3. The fraction of sp³-hybridized carbons (Fsp3) is 0.500. The summed E-state index contributed by atoms with van der Waals surface area (Å²) in [7, 11) is 0. The van der Waals surface area contributed by atoms with Gasteiger partial charge in [0.2, 0.25) is 0 Å². The largest absolute Gasteiger partial charge is 0.397 e. The van der Waals surface area contributed by atoms with E-state index in [-0.39, 0.29) is 0 Å². The van der Waals surface area contributed by atoms with E-state index in [1.165, 1.54) is 0 Å². The Morgan fingerprint density at radius 2 is 2.00 bits per heavy atom. The second-order valence-electron chi connectivity index (χ2n) is 4.18. The van der Waals surface area contributed by atoms with Crippen molar-refractivity contribution in [3.63, 3.8) is 0 Å². The zero-order valence-electron chi connectivity index (χ0n) is 10.5. The number of hydrogen-bond donors (Lipinski definition) is 1. The predicted molar refractivity (Wildman–Crippen MR) is 69.0 cm³/mol. The molecule has 92 valence electrons. The van der Waals surface area contributed by atoms with Crippen LogP contribution >= 0.6 is 0 Å². The third-order valence-electron chi connectivity index (χ3n) is 3.20. The Balaban J connectivity index is 2.54. The molecular formula is C12H18N4O. The minimum atomic E-state index is 0.448. The predicted octanol–water partition coefficient (Wildman–Crippen LogP) is 2.43. The molecule has 0 amide bonds. The second kappa shape index (κ2) is 4.61. The Labute approximate surface area is 101 Å². The summed E-state index contributed by atoms with van der Waals surface area (Å²) in [6.07, 6.45) is 1.07. The van der Waals surface area contributed by atoms with Crippen LogP contribution in [0.5, 0.6) is 0 Å². The van der Waals surface area contributed by atoms with Crippen LogP contribution in [0.4, 0.5) is 11.4 Å². The van der Waals surface area contributed by atoms with E-state index in [1.54, 1.807) is 0 Å². The van der Waals surface area contributed by atoms with Gasteiger partial charge in [0, 0.05) is 12.6 Å². The molecule has 0 aliphatic rings. The zero-order chi connectivity index (χ0) is 12.4. The Morgan fingerprint density at radius 3 is 2.65 bits per heavy atom. The van der Waals surface area contributed by atoms with E-state index in [9.17, 15) is 0 Å². The van der Waals surface area contributed by atoms with Gasteiger partial charge in [0.05, 0.1) is 11.4 Å². The van der Waals surface area contributed by atoms with Crippen LogP contribution < -0.4 is 10.6 Å². The average Bonchev–Trinajstić information content (AvgIpc) is 2.82. The summed E-state index contributed by atoms with van der Waals surface area (Å²) in [6, 6.07) is 4.29. The lowest BCUT2D eigenvalue weighted by atomic mass is 10.1. The van der Waals surface area contributed by atoms with E-state index in [0.717, 1.165) is 24.2 Å². The van der Waals surface area contributed by atoms with E-state index in [2.05, 4.69) is 36.0 Å². The van der Waals surface area contributed by atoms with Gasteiger partial charge in [-0.05, 0) is 42.7 Å². The molecule has 0 spiro atoms. The standard InChI is InChI=1S/C12H18N4O/c1-4-8(3)16(5-2)10-7-6-9(13)11-12(10)15-17-14-11/h6-8H,4-5,13H2,1-3H3. The highest BCUT2D eigenvalue weighted by atomic mass is 16.6. The van der Waals surface area contributed by atoms with E-state index >= 15 is 0 Å². The van der Waals surface area contributed by atoms with Crippen molar-refractivity contribution in [2.45, 2.75) is 33.2 Å². The van der Waals surface area contributed by atoms with Gasteiger partial charge >= 0.3 is 0 Å². The van der Waals surface area contributed by atoms with Crippen molar-refractivity contribution in [2.24, 2.45) is 0 Å². The summed E-state index contributed by atoms with van der Waals surface area (Å²) in [4.78, 5) is 2.28. The maximum atomic E-state index is 5.84. The number of fused-ring (bicyclic) bond motifs is 1. The smallest absolute Gasteiger partial charge is 0.160 e. The molecule has 5 heteroatoms. The Bertz CT molecular complexity index is 508. The molecule has 0 aliphatic heterocycles. The average molecular weight is 234 g/mol. The highest BCUT2D eigenvalue weighted by Gasteiger charge is 2.17. The van der Waals surface area contributed by atoms with E-state index in [4.69, 9.17) is 10.4 Å². The van der Waals surface area contributed by atoms with Crippen LogP contribution in [0.25, 0.3) is 11.0 Å². The minimum absolute atomic E-state index is 0.448. The molecule has 17 heavy (non-hydrogen) atoms. The first-order valence-corrected chi connectivity index (χ1v) is 5.96. The normalized spacial score (nSPS) is 12.9. The SMILES string of the molecule is CCC(C)N(CC)c1ccc(N)c2nonc12. The maximum Gasteiger partial charge on any atom is 0.160 e. The molecule has 0 aliphatic carbocycles. The molecule has 0 saturated heterocycles. The van der Waals surface area contributed by atoms with Crippen LogP contribution in [0.2, 0.25) is 0 Å². The number of hydrogen-bond acceptors (Lipinski definition) is 5. The molecule has 1 aromatic heterocycles. The van der Waals surface area contributed by atoms with Gasteiger partial charge in [-0.1, -0.05) is 6.92 Å². The Morgan fingerprint density at radius 1 is 1.29 bits per heavy atom. The topological polar surface area (TPSA) is 68.2 Å². The summed E-state index contributed by atoms with van der Waals surface area (Å²) in [5.41, 5.74) is 8.86. The quantitative estimate of drug-likeness (QED) is 0.823. The van der Waals surface area contributed by atoms with Crippen molar-refractivity contribution in [1.29, 1.82) is 0 Å². The Hall–Kier alpha value is -1.78. The Kier molecular flexibility index (Phi) is 3.17. The number of nitrogens with two attached hydrogens (primary N) is 1. The molecule has 0 fully saturated rings. The van der Waals surface area contributed by atoms with Crippen molar-refractivity contribution in [3.8, 4) is 0 Å². The molecule has 2 aromatic rings. The molecule has 1 unspecified atom stereocenters. The van der Waals surface area contributed by atoms with Crippen LogP contribution in [0.3, 0.4) is 0 Å². The van der Waals surface area contributed by atoms with Crippen LogP contribution in [0.15, 0.2) is 16.8 Å². The van der Waals surface area contributed by atoms with Gasteiger partial charge in [-0.2, -0.15) is 0 Å². The van der Waals surface area contributed by atoms with Crippen LogP contribution in [0, 0.1) is 0 Å². The lowest BCUT2D eigenvalue weighted by Gasteiger charge is -2.29. The number of benzene rings is 1. The van der Waals surface area contributed by atoms with Gasteiger partial charge in [-0.3, -0.25) is 0 Å². The molecule has 1 atom stereocenters. The molecule has 2 rings (SSSR count). The number of aromatic nitrogens is 2. The highest BCUT2D eigenvalue weighted by molar-refractivity contribution is 5.95. The molecule has 1 heterocycles. The van der Waals surface area contributed by atoms with Gasteiger partial charge in [0.25, 0.3) is 0 Å². The lowest BCUT2D eigenvalue weighted by molar-refractivity contribution is 0.315. The van der Waals surface area contributed by atoms with Crippen molar-refractivity contribution >= 4 is 22.4 Å². The van der Waals surface area contributed by atoms with Gasteiger partial charge in [0.15, 0.2) is 11.0 Å². The van der Waals surface area contributed by atoms with Gasteiger partial charge in [-0.15, -0.1) is 0 Å². The van der Waals surface area contributed by atoms with Crippen LogP contribution in [-0.4, -0.2) is 22.9 Å². The summed E-state index contributed by atoms with van der Waals surface area (Å²) in [6.45, 7) is 7.41. The maximum absolute atomic E-state index is 5.84. The fourth-order valence-corrected chi connectivity index (χ4v) is 2.04. The molecule has 0 saturated carbocycles. The van der Waals surface area contributed by atoms with Gasteiger partial charge < -0.3 is 10.6 Å². The van der Waals surface area contributed by atoms with E-state index < -0.39 is 0 Å². The third kappa shape index (κ3) is 1.92. The number of nitrogen functional groups attached to an aromatic ring is 1. The summed E-state index contributed by atoms with van der Waals surface area (Å²) >= 11 is 0. The van der Waals surface area contributed by atoms with E-state index in [0.29, 0.717) is 17.2 Å². The zero-order valence-corrected chi connectivity index (χ0v) is 10.5. The van der Waals surface area contributed by atoms with Crippen molar-refractivity contribution in [3.05, 3.63) is 12.1 Å². The number of anilines is 2. The van der Waals surface area contributed by atoms with Crippen molar-refractivity contribution in [1.82, 2.24) is 10.3 Å². The third-order valence-corrected chi connectivity index (χ3v) is 3.20. The summed E-state index contributed by atoms with van der Waals surface area (Å²) in [5.74, 6) is 0. The first kappa shape index (κ1) is 11.7. The fourth-order valence-electron chi connectivity index (χ4n) is 2.04. The molecule has 0 bridgehead atoms. The molecule has 1 aromatic carbocycles. The monoisotopic (exact) mass is 234 g/mol. The molecule has 5 nitrogen and oxygen atoms in total. The highest BCUT2D eigenvalue weighted by Crippen LogP contribution is 2.29. The lowest BCUT2D eigenvalue weighted by Crippen LogP contribution is -2.32. The van der Waals surface area contributed by atoms with E-state index in [1.807, 2.05) is 12.1 Å². The molecule has 0 radical (unpaired) electrons. The first-order valence-electron chi connectivity index (χ1n) is 5.96. The van der Waals surface area contributed by atoms with Gasteiger partial charge in [0.1, 0.15) is 0 Å². The summed E-state index contributed by atoms with van der Waals surface area (Å²) in [5, 5.41) is 7.80.